The van der Waals surface area contributed by atoms with Gasteiger partial charge in [0.05, 0.1) is 10.9 Å². The monoisotopic (exact) mass is 410 g/mol. The number of nitrogens with one attached hydrogen (secondary N) is 1. The standard InChI is InChI=1S/C18H11BrN4O3/c19-15-6-5-14(26-15)17(24)22-23-16(11-7-9-20-10-8-11)21-13-4-2-1-3-12(13)18(23)25/h1-10H,(H,22,24). The quantitative estimate of drug-likeness (QED) is 0.559. The van der Waals surface area contributed by atoms with Gasteiger partial charge in [0, 0.05) is 18.0 Å². The zero-order valence-electron chi connectivity index (χ0n) is 13.2. The van der Waals surface area contributed by atoms with Crippen molar-refractivity contribution in [1.29, 1.82) is 0 Å². The molecule has 0 saturated carbocycles. The lowest BCUT2D eigenvalue weighted by molar-refractivity contribution is 0.0980. The summed E-state index contributed by atoms with van der Waals surface area (Å²) < 4.78 is 6.79. The second kappa shape index (κ2) is 6.57. The number of carbonyl (C=O) groups is 1. The molecule has 0 unspecified atom stereocenters. The number of nitrogens with zero attached hydrogens (tertiary/aromatic N) is 3. The van der Waals surface area contributed by atoms with Crippen molar-refractivity contribution in [2.45, 2.75) is 0 Å². The van der Waals surface area contributed by atoms with Crippen LogP contribution in [0.3, 0.4) is 0 Å². The molecule has 1 aromatic carbocycles. The van der Waals surface area contributed by atoms with Crippen LogP contribution < -0.4 is 11.0 Å². The van der Waals surface area contributed by atoms with Gasteiger partial charge in [-0.2, -0.15) is 4.68 Å². The van der Waals surface area contributed by atoms with Gasteiger partial charge in [0.25, 0.3) is 5.56 Å². The maximum Gasteiger partial charge on any atom is 0.305 e. The smallest absolute Gasteiger partial charge is 0.305 e. The minimum Gasteiger partial charge on any atom is -0.444 e. The molecule has 0 fully saturated rings. The lowest BCUT2D eigenvalue weighted by atomic mass is 10.2. The summed E-state index contributed by atoms with van der Waals surface area (Å²) in [7, 11) is 0. The maximum atomic E-state index is 12.9. The Morgan fingerprint density at radius 2 is 1.85 bits per heavy atom. The van der Waals surface area contributed by atoms with Crippen molar-refractivity contribution in [1.82, 2.24) is 14.6 Å². The van der Waals surface area contributed by atoms with E-state index in [9.17, 15) is 9.59 Å². The molecule has 0 aliphatic heterocycles. The van der Waals surface area contributed by atoms with E-state index in [0.29, 0.717) is 27.0 Å². The van der Waals surface area contributed by atoms with Gasteiger partial charge in [-0.05, 0) is 52.3 Å². The van der Waals surface area contributed by atoms with E-state index in [1.165, 1.54) is 6.07 Å². The molecule has 3 heterocycles. The van der Waals surface area contributed by atoms with Crippen molar-refractivity contribution in [3.8, 4) is 11.4 Å². The number of amides is 1. The zero-order chi connectivity index (χ0) is 18.1. The van der Waals surface area contributed by atoms with Crippen LogP contribution in [0, 0.1) is 0 Å². The number of hydrogen-bond donors (Lipinski definition) is 1. The third-order valence-electron chi connectivity index (χ3n) is 3.72. The Bertz CT molecular complexity index is 1170. The fourth-order valence-electron chi connectivity index (χ4n) is 2.52. The van der Waals surface area contributed by atoms with Gasteiger partial charge in [-0.3, -0.25) is 20.0 Å². The van der Waals surface area contributed by atoms with E-state index in [1.807, 2.05) is 0 Å². The second-order valence-corrected chi connectivity index (χ2v) is 6.16. The van der Waals surface area contributed by atoms with E-state index in [1.54, 1.807) is 54.9 Å². The van der Waals surface area contributed by atoms with Gasteiger partial charge in [-0.25, -0.2) is 4.98 Å². The number of carbonyl (C=O) groups excluding carboxylic acids is 1. The third kappa shape index (κ3) is 2.91. The first-order valence-corrected chi connectivity index (χ1v) is 8.41. The lowest BCUT2D eigenvalue weighted by Crippen LogP contribution is -2.35. The fourth-order valence-corrected chi connectivity index (χ4v) is 2.83. The first kappa shape index (κ1) is 16.2. The first-order valence-electron chi connectivity index (χ1n) is 7.62. The van der Waals surface area contributed by atoms with E-state index < -0.39 is 5.91 Å². The summed E-state index contributed by atoms with van der Waals surface area (Å²) in [6, 6.07) is 13.5. The number of benzene rings is 1. The zero-order valence-corrected chi connectivity index (χ0v) is 14.8. The molecule has 26 heavy (non-hydrogen) atoms. The number of furan rings is 1. The molecule has 0 aliphatic carbocycles. The van der Waals surface area contributed by atoms with Crippen molar-refractivity contribution in [2.24, 2.45) is 0 Å². The lowest BCUT2D eigenvalue weighted by Gasteiger charge is -2.13. The molecule has 0 bridgehead atoms. The van der Waals surface area contributed by atoms with Crippen LogP contribution in [-0.2, 0) is 0 Å². The summed E-state index contributed by atoms with van der Waals surface area (Å²) in [5.41, 5.74) is 3.36. The summed E-state index contributed by atoms with van der Waals surface area (Å²) >= 11 is 3.15. The highest BCUT2D eigenvalue weighted by atomic mass is 79.9. The van der Waals surface area contributed by atoms with E-state index in [2.05, 4.69) is 31.3 Å². The molecular weight excluding hydrogens is 400 g/mol. The summed E-state index contributed by atoms with van der Waals surface area (Å²) in [5, 5.41) is 0.395. The number of pyridine rings is 1. The van der Waals surface area contributed by atoms with Crippen LogP contribution in [0.2, 0.25) is 0 Å². The Hall–Kier alpha value is -3.26. The molecule has 0 saturated heterocycles. The highest BCUT2D eigenvalue weighted by Gasteiger charge is 2.17. The van der Waals surface area contributed by atoms with Crippen LogP contribution in [0.25, 0.3) is 22.3 Å². The molecule has 3 aromatic heterocycles. The van der Waals surface area contributed by atoms with Crippen LogP contribution in [0.1, 0.15) is 10.6 Å². The van der Waals surface area contributed by atoms with Crippen molar-refractivity contribution in [3.63, 3.8) is 0 Å². The highest BCUT2D eigenvalue weighted by Crippen LogP contribution is 2.18. The Balaban J connectivity index is 1.90. The number of hydrogen-bond acceptors (Lipinski definition) is 5. The van der Waals surface area contributed by atoms with Gasteiger partial charge < -0.3 is 4.42 Å². The van der Waals surface area contributed by atoms with Gasteiger partial charge in [-0.15, -0.1) is 0 Å². The Labute approximate surface area is 155 Å². The average Bonchev–Trinajstić information content (AvgIpc) is 3.11. The average molecular weight is 411 g/mol. The second-order valence-electron chi connectivity index (χ2n) is 5.37. The summed E-state index contributed by atoms with van der Waals surface area (Å²) in [6.07, 6.45) is 3.18. The fraction of sp³-hybridized carbons (Fsp3) is 0. The van der Waals surface area contributed by atoms with Gasteiger partial charge in [0.2, 0.25) is 0 Å². The van der Waals surface area contributed by atoms with E-state index >= 15 is 0 Å². The van der Waals surface area contributed by atoms with Gasteiger partial charge in [0.1, 0.15) is 0 Å². The van der Waals surface area contributed by atoms with Gasteiger partial charge in [0.15, 0.2) is 16.3 Å². The molecule has 4 aromatic rings. The molecule has 0 radical (unpaired) electrons. The van der Waals surface area contributed by atoms with Crippen molar-refractivity contribution in [3.05, 3.63) is 81.7 Å². The molecule has 0 atom stereocenters. The molecule has 4 rings (SSSR count). The molecule has 1 amide bonds. The minimum atomic E-state index is -0.565. The van der Waals surface area contributed by atoms with Crippen LogP contribution in [-0.4, -0.2) is 20.6 Å². The topological polar surface area (TPSA) is 90.0 Å². The molecule has 0 spiro atoms. The molecule has 0 aliphatic rings. The first-order chi connectivity index (χ1) is 12.6. The predicted molar refractivity (Wildman–Crippen MR) is 99.3 cm³/mol. The van der Waals surface area contributed by atoms with Crippen molar-refractivity contribution < 1.29 is 9.21 Å². The normalized spacial score (nSPS) is 10.8. The number of fused-ring (bicyclic) bond motifs is 1. The molecule has 8 heteroatoms. The summed E-state index contributed by atoms with van der Waals surface area (Å²) in [6.45, 7) is 0. The number of rotatable bonds is 3. The molecule has 1 N–H and O–H groups in total. The van der Waals surface area contributed by atoms with Crippen LogP contribution >= 0.6 is 15.9 Å². The summed E-state index contributed by atoms with van der Waals surface area (Å²) in [5.74, 6) is -0.196. The third-order valence-corrected chi connectivity index (χ3v) is 4.15. The van der Waals surface area contributed by atoms with Gasteiger partial charge in [-0.1, -0.05) is 12.1 Å². The highest BCUT2D eigenvalue weighted by molar-refractivity contribution is 9.10. The number of aromatic nitrogens is 3. The largest absolute Gasteiger partial charge is 0.444 e. The van der Waals surface area contributed by atoms with E-state index in [0.717, 1.165) is 4.68 Å². The Morgan fingerprint density at radius 1 is 1.08 bits per heavy atom. The van der Waals surface area contributed by atoms with Crippen LogP contribution in [0.5, 0.6) is 0 Å². The molecule has 7 nitrogen and oxygen atoms in total. The molecular formula is C18H11BrN4O3. The number of para-hydroxylation sites is 1. The number of halogens is 1. The summed E-state index contributed by atoms with van der Waals surface area (Å²) in [4.78, 5) is 33.9. The van der Waals surface area contributed by atoms with E-state index in [4.69, 9.17) is 4.42 Å². The van der Waals surface area contributed by atoms with E-state index in [-0.39, 0.29) is 11.3 Å². The van der Waals surface area contributed by atoms with Crippen LogP contribution in [0.15, 0.2) is 74.8 Å². The van der Waals surface area contributed by atoms with Gasteiger partial charge >= 0.3 is 5.91 Å². The SMILES string of the molecule is O=C(Nn1c(-c2ccncc2)nc2ccccc2c1=O)c1ccc(Br)o1. The van der Waals surface area contributed by atoms with Crippen LogP contribution in [0.4, 0.5) is 0 Å². The predicted octanol–water partition coefficient (Wildman–Crippen LogP) is 3.20. The Morgan fingerprint density at radius 3 is 2.58 bits per heavy atom. The Kier molecular flexibility index (Phi) is 4.10. The van der Waals surface area contributed by atoms with Crippen molar-refractivity contribution in [2.75, 3.05) is 5.43 Å². The van der Waals surface area contributed by atoms with Crippen molar-refractivity contribution >= 4 is 32.7 Å². The minimum absolute atomic E-state index is 0.0672. The maximum absolute atomic E-state index is 12.9. The molecule has 128 valence electrons.